The zero-order valence-corrected chi connectivity index (χ0v) is 14.1. The average Bonchev–Trinajstić information content (AvgIpc) is 2.68. The summed E-state index contributed by atoms with van der Waals surface area (Å²) in [4.78, 5) is 12.2. The number of halogens is 4. The number of alkyl halides is 3. The maximum atomic E-state index is 13.2. The molecule has 0 atom stereocenters. The molecule has 2 rings (SSSR count). The summed E-state index contributed by atoms with van der Waals surface area (Å²) in [7, 11) is 0. The van der Waals surface area contributed by atoms with E-state index in [9.17, 15) is 18.0 Å². The molecule has 1 aromatic carbocycles. The van der Waals surface area contributed by atoms with E-state index < -0.39 is 23.4 Å². The normalized spacial score (nSPS) is 12.7. The van der Waals surface area contributed by atoms with Crippen LogP contribution in [0.2, 0.25) is 0 Å². The zero-order valence-electron chi connectivity index (χ0n) is 12.5. The summed E-state index contributed by atoms with van der Waals surface area (Å²) in [6.45, 7) is 6.43. The highest BCUT2D eigenvalue weighted by atomic mass is 79.9. The molecule has 3 nitrogen and oxygen atoms in total. The molecule has 0 saturated carbocycles. The number of rotatable bonds is 0. The maximum absolute atomic E-state index is 13.2. The Hall–Kier alpha value is -1.50. The molecule has 0 spiro atoms. The Labute approximate surface area is 134 Å². The van der Waals surface area contributed by atoms with Gasteiger partial charge in [0.25, 0.3) is 0 Å². The lowest BCUT2D eigenvalue weighted by atomic mass is 10.1. The van der Waals surface area contributed by atoms with Crippen LogP contribution in [0.5, 0.6) is 0 Å². The molecule has 0 bridgehead atoms. The summed E-state index contributed by atoms with van der Waals surface area (Å²) in [5.41, 5.74) is -1.34. The topological polar surface area (TPSA) is 31.2 Å². The van der Waals surface area contributed by atoms with E-state index in [1.807, 2.05) is 0 Å². The standard InChI is InChI=1S/C15H15BrF3NO2/c1-8-11(15(17,18)19)10(16)7-9-5-6-20(12(8)9)13(21)22-14(2,3)4/h5-7H,1-4H3. The zero-order chi connectivity index (χ0) is 16.9. The molecule has 0 aliphatic heterocycles. The third-order valence-corrected chi connectivity index (χ3v) is 3.67. The molecule has 2 aromatic rings. The van der Waals surface area contributed by atoms with Gasteiger partial charge in [0.1, 0.15) is 5.60 Å². The van der Waals surface area contributed by atoms with Gasteiger partial charge in [-0.2, -0.15) is 13.2 Å². The number of benzene rings is 1. The van der Waals surface area contributed by atoms with Crippen molar-refractivity contribution in [2.75, 3.05) is 0 Å². The first-order chi connectivity index (χ1) is 9.92. The monoisotopic (exact) mass is 377 g/mol. The van der Waals surface area contributed by atoms with Gasteiger partial charge in [-0.25, -0.2) is 4.79 Å². The molecule has 120 valence electrons. The van der Waals surface area contributed by atoms with Crippen LogP contribution in [0.3, 0.4) is 0 Å². The molecule has 0 unspecified atom stereocenters. The molecule has 1 aromatic heterocycles. The molecule has 1 heterocycles. The van der Waals surface area contributed by atoms with Gasteiger partial charge in [-0.1, -0.05) is 15.9 Å². The van der Waals surface area contributed by atoms with Crippen LogP contribution in [0, 0.1) is 6.92 Å². The second kappa shape index (κ2) is 5.30. The van der Waals surface area contributed by atoms with Gasteiger partial charge in [0.15, 0.2) is 0 Å². The first-order valence-corrected chi connectivity index (χ1v) is 7.32. The third-order valence-electron chi connectivity index (χ3n) is 3.04. The Balaban J connectivity index is 2.67. The van der Waals surface area contributed by atoms with Crippen LogP contribution >= 0.6 is 15.9 Å². The van der Waals surface area contributed by atoms with Crippen molar-refractivity contribution < 1.29 is 22.7 Å². The van der Waals surface area contributed by atoms with E-state index in [1.54, 1.807) is 26.8 Å². The highest BCUT2D eigenvalue weighted by Crippen LogP contribution is 2.40. The highest BCUT2D eigenvalue weighted by molar-refractivity contribution is 9.10. The summed E-state index contributed by atoms with van der Waals surface area (Å²) >= 11 is 2.95. The predicted molar refractivity (Wildman–Crippen MR) is 81.0 cm³/mol. The van der Waals surface area contributed by atoms with Gasteiger partial charge in [-0.05, 0) is 45.4 Å². The number of carbonyl (C=O) groups is 1. The number of nitrogens with zero attached hydrogens (tertiary/aromatic N) is 1. The van der Waals surface area contributed by atoms with Crippen LogP contribution in [0.25, 0.3) is 10.9 Å². The summed E-state index contributed by atoms with van der Waals surface area (Å²) < 4.78 is 45.9. The van der Waals surface area contributed by atoms with E-state index >= 15 is 0 Å². The molecular formula is C15H15BrF3NO2. The quantitative estimate of drug-likeness (QED) is 0.605. The van der Waals surface area contributed by atoms with E-state index in [2.05, 4.69) is 15.9 Å². The minimum Gasteiger partial charge on any atom is -0.443 e. The fraction of sp³-hybridized carbons (Fsp3) is 0.400. The van der Waals surface area contributed by atoms with Crippen molar-refractivity contribution >= 4 is 32.9 Å². The number of hydrogen-bond acceptors (Lipinski definition) is 2. The van der Waals surface area contributed by atoms with Crippen molar-refractivity contribution in [1.82, 2.24) is 4.57 Å². The van der Waals surface area contributed by atoms with E-state index in [0.29, 0.717) is 5.39 Å². The lowest BCUT2D eigenvalue weighted by molar-refractivity contribution is -0.138. The number of hydrogen-bond donors (Lipinski definition) is 0. The number of aryl methyl sites for hydroxylation is 1. The largest absolute Gasteiger partial charge is 0.443 e. The molecule has 0 N–H and O–H groups in total. The van der Waals surface area contributed by atoms with E-state index in [0.717, 1.165) is 4.57 Å². The first-order valence-electron chi connectivity index (χ1n) is 6.52. The molecule has 22 heavy (non-hydrogen) atoms. The molecule has 0 aliphatic rings. The Morgan fingerprint density at radius 3 is 2.36 bits per heavy atom. The Bertz CT molecular complexity index is 742. The van der Waals surface area contributed by atoms with Crippen LogP contribution in [0.15, 0.2) is 22.8 Å². The number of aromatic nitrogens is 1. The third kappa shape index (κ3) is 3.14. The lowest BCUT2D eigenvalue weighted by Crippen LogP contribution is -2.27. The summed E-state index contributed by atoms with van der Waals surface area (Å²) in [6.07, 6.45) is -3.81. The molecule has 0 amide bonds. The van der Waals surface area contributed by atoms with Gasteiger partial charge in [0, 0.05) is 16.1 Å². The van der Waals surface area contributed by atoms with Crippen molar-refractivity contribution in [2.24, 2.45) is 0 Å². The first kappa shape index (κ1) is 16.9. The number of ether oxygens (including phenoxy) is 1. The van der Waals surface area contributed by atoms with Gasteiger partial charge in [-0.3, -0.25) is 4.57 Å². The second-order valence-electron chi connectivity index (χ2n) is 5.96. The van der Waals surface area contributed by atoms with Gasteiger partial charge in [-0.15, -0.1) is 0 Å². The van der Waals surface area contributed by atoms with Crippen molar-refractivity contribution in [3.05, 3.63) is 33.9 Å². The van der Waals surface area contributed by atoms with Crippen LogP contribution < -0.4 is 0 Å². The maximum Gasteiger partial charge on any atom is 0.419 e. The Morgan fingerprint density at radius 2 is 1.86 bits per heavy atom. The fourth-order valence-electron chi connectivity index (χ4n) is 2.28. The number of fused-ring (bicyclic) bond motifs is 1. The minimum absolute atomic E-state index is 0.0206. The summed E-state index contributed by atoms with van der Waals surface area (Å²) in [5, 5.41) is 0.531. The van der Waals surface area contributed by atoms with Crippen LogP contribution in [0.4, 0.5) is 18.0 Å². The lowest BCUT2D eigenvalue weighted by Gasteiger charge is -2.20. The molecule has 0 radical (unpaired) electrons. The number of carbonyl (C=O) groups excluding carboxylic acids is 1. The van der Waals surface area contributed by atoms with Gasteiger partial charge in [0.2, 0.25) is 0 Å². The van der Waals surface area contributed by atoms with Gasteiger partial charge in [0.05, 0.1) is 11.1 Å². The summed E-state index contributed by atoms with van der Waals surface area (Å²) in [5.74, 6) is 0. The van der Waals surface area contributed by atoms with Crippen molar-refractivity contribution in [1.29, 1.82) is 0 Å². The fourth-order valence-corrected chi connectivity index (χ4v) is 3.05. The van der Waals surface area contributed by atoms with Crippen LogP contribution in [0.1, 0.15) is 31.9 Å². The Kier molecular flexibility index (Phi) is 4.06. The predicted octanol–water partition coefficient (Wildman–Crippen LogP) is 5.51. The van der Waals surface area contributed by atoms with Crippen LogP contribution in [-0.2, 0) is 10.9 Å². The van der Waals surface area contributed by atoms with Crippen molar-refractivity contribution in [3.8, 4) is 0 Å². The molecule has 0 aliphatic carbocycles. The molecule has 7 heteroatoms. The van der Waals surface area contributed by atoms with E-state index in [-0.39, 0.29) is 15.6 Å². The van der Waals surface area contributed by atoms with E-state index in [1.165, 1.54) is 19.2 Å². The molecular weight excluding hydrogens is 363 g/mol. The SMILES string of the molecule is Cc1c(C(F)(F)F)c(Br)cc2ccn(C(=O)OC(C)(C)C)c12. The summed E-state index contributed by atoms with van der Waals surface area (Å²) in [6, 6.07) is 2.93. The minimum atomic E-state index is -4.51. The smallest absolute Gasteiger partial charge is 0.419 e. The average molecular weight is 378 g/mol. The Morgan fingerprint density at radius 1 is 1.27 bits per heavy atom. The van der Waals surface area contributed by atoms with Crippen molar-refractivity contribution in [3.63, 3.8) is 0 Å². The van der Waals surface area contributed by atoms with Gasteiger partial charge < -0.3 is 4.74 Å². The van der Waals surface area contributed by atoms with Gasteiger partial charge >= 0.3 is 12.3 Å². The van der Waals surface area contributed by atoms with Crippen LogP contribution in [-0.4, -0.2) is 16.3 Å². The van der Waals surface area contributed by atoms with Crippen molar-refractivity contribution in [2.45, 2.75) is 39.5 Å². The highest BCUT2D eigenvalue weighted by Gasteiger charge is 2.36. The second-order valence-corrected chi connectivity index (χ2v) is 6.81. The molecule has 0 saturated heterocycles. The van der Waals surface area contributed by atoms with E-state index in [4.69, 9.17) is 4.74 Å². The molecule has 0 fully saturated rings.